The smallest absolute Gasteiger partial charge is 0.120 e. The second-order valence-corrected chi connectivity index (χ2v) is 7.75. The molecule has 1 aromatic heterocycles. The zero-order valence-corrected chi connectivity index (χ0v) is 14.6. The zero-order chi connectivity index (χ0) is 15.6. The summed E-state index contributed by atoms with van der Waals surface area (Å²) in [4.78, 5) is 2.56. The first-order valence-electron chi connectivity index (χ1n) is 8.33. The molecule has 0 bridgehead atoms. The maximum Gasteiger partial charge on any atom is 0.120 e. The first kappa shape index (κ1) is 16.6. The van der Waals surface area contributed by atoms with Crippen LogP contribution in [-0.4, -0.2) is 23.0 Å². The normalized spacial score (nSPS) is 24.5. The third-order valence-corrected chi connectivity index (χ3v) is 4.71. The summed E-state index contributed by atoms with van der Waals surface area (Å²) in [5, 5.41) is 3.50. The summed E-state index contributed by atoms with van der Waals surface area (Å²) in [6.07, 6.45) is 2.67. The van der Waals surface area contributed by atoms with Crippen molar-refractivity contribution in [3.8, 4) is 0 Å². The highest BCUT2D eigenvalue weighted by atomic mass is 16.3. The Morgan fingerprint density at radius 1 is 1.33 bits per heavy atom. The molecule has 3 nitrogen and oxygen atoms in total. The molecule has 3 heteroatoms. The maximum atomic E-state index is 6.09. The van der Waals surface area contributed by atoms with Crippen LogP contribution >= 0.6 is 0 Å². The molecule has 2 atom stereocenters. The van der Waals surface area contributed by atoms with E-state index in [1.807, 2.05) is 0 Å². The van der Waals surface area contributed by atoms with Gasteiger partial charge in [-0.1, -0.05) is 6.92 Å². The van der Waals surface area contributed by atoms with Crippen molar-refractivity contribution in [2.24, 2.45) is 5.92 Å². The number of furan rings is 1. The summed E-state index contributed by atoms with van der Waals surface area (Å²) in [6, 6.07) is 2.87. The fraction of sp³-hybridized carbons (Fsp3) is 0.778. The van der Waals surface area contributed by atoms with Crippen molar-refractivity contribution in [1.82, 2.24) is 10.2 Å². The van der Waals surface area contributed by atoms with Gasteiger partial charge in [0, 0.05) is 11.6 Å². The van der Waals surface area contributed by atoms with E-state index in [4.69, 9.17) is 4.42 Å². The van der Waals surface area contributed by atoms with Gasteiger partial charge >= 0.3 is 0 Å². The van der Waals surface area contributed by atoms with Gasteiger partial charge in [0.15, 0.2) is 0 Å². The van der Waals surface area contributed by atoms with Crippen LogP contribution in [-0.2, 0) is 13.1 Å². The zero-order valence-electron chi connectivity index (χ0n) is 14.6. The average molecular weight is 292 g/mol. The number of piperidine rings is 1. The van der Waals surface area contributed by atoms with E-state index in [0.29, 0.717) is 6.04 Å². The highest BCUT2D eigenvalue weighted by Crippen LogP contribution is 2.26. The van der Waals surface area contributed by atoms with E-state index in [2.05, 4.69) is 57.8 Å². The molecule has 1 aromatic rings. The summed E-state index contributed by atoms with van der Waals surface area (Å²) in [5.74, 6) is 2.98. The van der Waals surface area contributed by atoms with Crippen molar-refractivity contribution in [3.63, 3.8) is 0 Å². The number of nitrogens with zero attached hydrogens (tertiary/aromatic N) is 1. The molecule has 1 fully saturated rings. The Balaban J connectivity index is 1.98. The Morgan fingerprint density at radius 3 is 2.71 bits per heavy atom. The minimum Gasteiger partial charge on any atom is -0.463 e. The summed E-state index contributed by atoms with van der Waals surface area (Å²) in [5.41, 5.74) is 1.38. The third-order valence-electron chi connectivity index (χ3n) is 4.71. The molecule has 0 saturated carbocycles. The van der Waals surface area contributed by atoms with Crippen LogP contribution in [0.1, 0.15) is 64.5 Å². The Labute approximate surface area is 130 Å². The molecule has 120 valence electrons. The highest BCUT2D eigenvalue weighted by molar-refractivity contribution is 5.20. The second-order valence-electron chi connectivity index (χ2n) is 7.75. The van der Waals surface area contributed by atoms with Crippen molar-refractivity contribution in [2.45, 2.75) is 79.1 Å². The maximum absolute atomic E-state index is 6.09. The van der Waals surface area contributed by atoms with Crippen molar-refractivity contribution >= 4 is 0 Å². The highest BCUT2D eigenvalue weighted by Gasteiger charge is 2.25. The van der Waals surface area contributed by atoms with Gasteiger partial charge in [-0.2, -0.15) is 0 Å². The average Bonchev–Trinajstić information content (AvgIpc) is 2.72. The monoisotopic (exact) mass is 292 g/mol. The van der Waals surface area contributed by atoms with Crippen LogP contribution < -0.4 is 5.32 Å². The van der Waals surface area contributed by atoms with Gasteiger partial charge in [-0.15, -0.1) is 0 Å². The van der Waals surface area contributed by atoms with Crippen molar-refractivity contribution in [3.05, 3.63) is 23.2 Å². The first-order chi connectivity index (χ1) is 9.76. The van der Waals surface area contributed by atoms with Gasteiger partial charge in [-0.05, 0) is 71.6 Å². The number of likely N-dealkylation sites (tertiary alicyclic amines) is 1. The van der Waals surface area contributed by atoms with Crippen molar-refractivity contribution < 1.29 is 4.42 Å². The molecule has 2 heterocycles. The van der Waals surface area contributed by atoms with E-state index in [-0.39, 0.29) is 5.54 Å². The Morgan fingerprint density at radius 2 is 2.05 bits per heavy atom. The molecule has 1 saturated heterocycles. The number of hydrogen-bond donors (Lipinski definition) is 1. The lowest BCUT2D eigenvalue weighted by Gasteiger charge is -2.37. The largest absolute Gasteiger partial charge is 0.463 e. The lowest BCUT2D eigenvalue weighted by Crippen LogP contribution is -2.41. The lowest BCUT2D eigenvalue weighted by molar-refractivity contribution is 0.0980. The van der Waals surface area contributed by atoms with Crippen molar-refractivity contribution in [1.29, 1.82) is 0 Å². The second kappa shape index (κ2) is 6.53. The van der Waals surface area contributed by atoms with Gasteiger partial charge < -0.3 is 9.73 Å². The molecule has 2 unspecified atom stereocenters. The Kier molecular flexibility index (Phi) is 5.15. The molecule has 0 radical (unpaired) electrons. The standard InChI is InChI=1S/C18H32N2O/c1-13-8-7-9-20(15(13)3)12-16-10-14(2)17(21-16)11-19-18(4,5)6/h10,13,15,19H,7-9,11-12H2,1-6H3. The van der Waals surface area contributed by atoms with Gasteiger partial charge in [-0.25, -0.2) is 0 Å². The Bertz CT molecular complexity index is 458. The summed E-state index contributed by atoms with van der Waals surface area (Å²) >= 11 is 0. The predicted octanol–water partition coefficient (Wildman–Crippen LogP) is 4.10. The molecule has 1 N–H and O–H groups in total. The van der Waals surface area contributed by atoms with Crippen LogP contribution in [0.4, 0.5) is 0 Å². The van der Waals surface area contributed by atoms with Crippen LogP contribution in [0.2, 0.25) is 0 Å². The molecule has 1 aliphatic heterocycles. The predicted molar refractivity (Wildman–Crippen MR) is 88.3 cm³/mol. The third kappa shape index (κ3) is 4.58. The van der Waals surface area contributed by atoms with Crippen LogP contribution in [0, 0.1) is 12.8 Å². The quantitative estimate of drug-likeness (QED) is 0.906. The lowest BCUT2D eigenvalue weighted by atomic mass is 9.92. The van der Waals surface area contributed by atoms with Gasteiger partial charge in [0.1, 0.15) is 11.5 Å². The molecule has 2 rings (SSSR count). The first-order valence-corrected chi connectivity index (χ1v) is 8.33. The van der Waals surface area contributed by atoms with E-state index in [0.717, 1.165) is 30.5 Å². The molecule has 1 aliphatic rings. The molecule has 0 spiro atoms. The van der Waals surface area contributed by atoms with Gasteiger partial charge in [0.25, 0.3) is 0 Å². The van der Waals surface area contributed by atoms with Crippen LogP contribution in [0.3, 0.4) is 0 Å². The van der Waals surface area contributed by atoms with Crippen LogP contribution in [0.15, 0.2) is 10.5 Å². The number of hydrogen-bond acceptors (Lipinski definition) is 3. The number of rotatable bonds is 4. The van der Waals surface area contributed by atoms with E-state index in [1.165, 1.54) is 24.9 Å². The van der Waals surface area contributed by atoms with E-state index >= 15 is 0 Å². The van der Waals surface area contributed by atoms with E-state index in [1.54, 1.807) is 0 Å². The van der Waals surface area contributed by atoms with E-state index < -0.39 is 0 Å². The minimum absolute atomic E-state index is 0.121. The minimum atomic E-state index is 0.121. The molecule has 0 aliphatic carbocycles. The van der Waals surface area contributed by atoms with E-state index in [9.17, 15) is 0 Å². The fourth-order valence-corrected chi connectivity index (χ4v) is 3.03. The topological polar surface area (TPSA) is 28.4 Å². The summed E-state index contributed by atoms with van der Waals surface area (Å²) < 4.78 is 6.09. The summed E-state index contributed by atoms with van der Waals surface area (Å²) in [7, 11) is 0. The van der Waals surface area contributed by atoms with Gasteiger partial charge in [0.05, 0.1) is 13.1 Å². The molecule has 0 amide bonds. The fourth-order valence-electron chi connectivity index (χ4n) is 3.03. The molecule has 0 aromatic carbocycles. The summed E-state index contributed by atoms with van der Waals surface area (Å²) in [6.45, 7) is 16.4. The van der Waals surface area contributed by atoms with Gasteiger partial charge in [0.2, 0.25) is 0 Å². The van der Waals surface area contributed by atoms with Gasteiger partial charge in [-0.3, -0.25) is 4.90 Å². The molecular formula is C18H32N2O. The van der Waals surface area contributed by atoms with Crippen LogP contribution in [0.5, 0.6) is 0 Å². The molecule has 21 heavy (non-hydrogen) atoms. The number of nitrogens with one attached hydrogen (secondary N) is 1. The molecular weight excluding hydrogens is 260 g/mol. The SMILES string of the molecule is Cc1cc(CN2CCCC(C)C2C)oc1CNC(C)(C)C. The number of aryl methyl sites for hydroxylation is 1. The Hall–Kier alpha value is -0.800. The van der Waals surface area contributed by atoms with Crippen molar-refractivity contribution in [2.75, 3.05) is 6.54 Å². The van der Waals surface area contributed by atoms with Crippen LogP contribution in [0.25, 0.3) is 0 Å².